The third-order valence-electron chi connectivity index (χ3n) is 6.65. The maximum Gasteiger partial charge on any atom is 0.264 e. The van der Waals surface area contributed by atoms with E-state index in [0.29, 0.717) is 17.9 Å². The summed E-state index contributed by atoms with van der Waals surface area (Å²) >= 11 is 0. The van der Waals surface area contributed by atoms with Gasteiger partial charge in [-0.15, -0.1) is 0 Å². The third-order valence-corrected chi connectivity index (χ3v) is 8.44. The first-order chi connectivity index (χ1) is 19.0. The number of aryl methyl sites for hydroxylation is 2. The van der Waals surface area contributed by atoms with Gasteiger partial charge in [-0.25, -0.2) is 8.42 Å². The fourth-order valence-corrected chi connectivity index (χ4v) is 5.73. The van der Waals surface area contributed by atoms with Gasteiger partial charge in [0.1, 0.15) is 12.6 Å². The van der Waals surface area contributed by atoms with Crippen LogP contribution in [0.5, 0.6) is 11.5 Å². The van der Waals surface area contributed by atoms with Crippen LogP contribution >= 0.6 is 0 Å². The number of anilines is 1. The summed E-state index contributed by atoms with van der Waals surface area (Å²) in [5.41, 5.74) is 2.99. The van der Waals surface area contributed by atoms with Crippen LogP contribution in [0.25, 0.3) is 0 Å². The van der Waals surface area contributed by atoms with E-state index in [0.717, 1.165) is 21.0 Å². The maximum absolute atomic E-state index is 14.0. The van der Waals surface area contributed by atoms with E-state index in [1.54, 1.807) is 24.3 Å². The number of methoxy groups -OCH3 is 2. The van der Waals surface area contributed by atoms with E-state index in [1.165, 1.54) is 44.4 Å². The number of hydrogen-bond acceptors (Lipinski definition) is 6. The molecular weight excluding hydrogens is 530 g/mol. The average molecular weight is 568 g/mol. The van der Waals surface area contributed by atoms with E-state index in [4.69, 9.17) is 9.47 Å². The van der Waals surface area contributed by atoms with E-state index < -0.39 is 28.5 Å². The second kappa shape index (κ2) is 13.3. The SMILES string of the molecule is CC[C@@H](C(=O)NC)N(Cc1ccc(C)cc1)C(=O)CN(c1ccc(OC)c(OC)c1)S(=O)(=O)c1ccc(C)cc1. The second-order valence-corrected chi connectivity index (χ2v) is 11.3. The summed E-state index contributed by atoms with van der Waals surface area (Å²) in [6.07, 6.45) is 0.346. The van der Waals surface area contributed by atoms with Gasteiger partial charge in [-0.1, -0.05) is 54.4 Å². The molecule has 3 aromatic rings. The summed E-state index contributed by atoms with van der Waals surface area (Å²) in [6.45, 7) is 5.23. The number of nitrogens with zero attached hydrogens (tertiary/aromatic N) is 2. The quantitative estimate of drug-likeness (QED) is 0.354. The van der Waals surface area contributed by atoms with Crippen molar-refractivity contribution in [2.45, 2.75) is 44.7 Å². The molecule has 10 heteroatoms. The molecule has 0 spiro atoms. The van der Waals surface area contributed by atoms with Gasteiger partial charge in [0.05, 0.1) is 24.8 Å². The fraction of sp³-hybridized carbons (Fsp3) is 0.333. The van der Waals surface area contributed by atoms with Crippen LogP contribution in [0.4, 0.5) is 5.69 Å². The second-order valence-electron chi connectivity index (χ2n) is 9.41. The minimum Gasteiger partial charge on any atom is -0.493 e. The van der Waals surface area contributed by atoms with Gasteiger partial charge in [0.25, 0.3) is 10.0 Å². The molecule has 3 rings (SSSR count). The predicted octanol–water partition coefficient (Wildman–Crippen LogP) is 4.07. The highest BCUT2D eigenvalue weighted by atomic mass is 32.2. The Bertz CT molecular complexity index is 1420. The Balaban J connectivity index is 2.11. The number of likely N-dealkylation sites (N-methyl/N-ethyl adjacent to an activating group) is 1. The maximum atomic E-state index is 14.0. The molecule has 3 aromatic carbocycles. The lowest BCUT2D eigenvalue weighted by Gasteiger charge is -2.33. The minimum atomic E-state index is -4.19. The smallest absolute Gasteiger partial charge is 0.264 e. The first-order valence-electron chi connectivity index (χ1n) is 12.9. The predicted molar refractivity (Wildman–Crippen MR) is 155 cm³/mol. The summed E-state index contributed by atoms with van der Waals surface area (Å²) < 4.78 is 39.7. The van der Waals surface area contributed by atoms with Crippen LogP contribution < -0.4 is 19.1 Å². The molecule has 9 nitrogen and oxygen atoms in total. The summed E-state index contributed by atoms with van der Waals surface area (Å²) in [7, 11) is 0.249. The Morgan fingerprint density at radius 3 is 1.98 bits per heavy atom. The lowest BCUT2D eigenvalue weighted by molar-refractivity contribution is -0.140. The lowest BCUT2D eigenvalue weighted by atomic mass is 10.1. The van der Waals surface area contributed by atoms with Crippen molar-refractivity contribution < 1.29 is 27.5 Å². The molecule has 0 fully saturated rings. The van der Waals surface area contributed by atoms with Crippen LogP contribution in [0.2, 0.25) is 0 Å². The Kier molecular flexibility index (Phi) is 10.2. The molecule has 0 aromatic heterocycles. The molecule has 2 amide bonds. The van der Waals surface area contributed by atoms with Crippen LogP contribution in [-0.2, 0) is 26.2 Å². The molecule has 0 saturated carbocycles. The molecule has 0 aliphatic rings. The van der Waals surface area contributed by atoms with Crippen LogP contribution in [0.1, 0.15) is 30.0 Å². The molecule has 0 aliphatic carbocycles. The standard InChI is InChI=1S/C30H37N3O6S/c1-7-26(30(35)31-4)32(19-23-12-8-21(2)9-13-23)29(34)20-33(24-14-17-27(38-5)28(18-24)39-6)40(36,37)25-15-10-22(3)11-16-25/h8-18,26H,7,19-20H2,1-6H3,(H,31,35)/t26-/m0/s1. The van der Waals surface area contributed by atoms with Gasteiger partial charge < -0.3 is 19.7 Å². The zero-order chi connectivity index (χ0) is 29.4. The number of sulfonamides is 1. The molecule has 1 N–H and O–H groups in total. The Morgan fingerprint density at radius 2 is 1.45 bits per heavy atom. The number of carbonyl (C=O) groups is 2. The van der Waals surface area contributed by atoms with Gasteiger partial charge in [0.15, 0.2) is 11.5 Å². The van der Waals surface area contributed by atoms with Crippen molar-refractivity contribution >= 4 is 27.5 Å². The van der Waals surface area contributed by atoms with Gasteiger partial charge in [-0.3, -0.25) is 13.9 Å². The molecule has 0 radical (unpaired) electrons. The zero-order valence-corrected chi connectivity index (χ0v) is 24.6. The van der Waals surface area contributed by atoms with E-state index in [-0.39, 0.29) is 23.0 Å². The number of benzene rings is 3. The number of ether oxygens (including phenoxy) is 2. The molecule has 0 saturated heterocycles. The Hall–Kier alpha value is -4.05. The number of amides is 2. The van der Waals surface area contributed by atoms with Crippen molar-refractivity contribution in [1.29, 1.82) is 0 Å². The average Bonchev–Trinajstić information content (AvgIpc) is 2.96. The number of carbonyl (C=O) groups excluding carboxylic acids is 2. The van der Waals surface area contributed by atoms with Crippen molar-refractivity contribution in [3.05, 3.63) is 83.4 Å². The van der Waals surface area contributed by atoms with Gasteiger partial charge in [-0.2, -0.15) is 0 Å². The molecule has 0 bridgehead atoms. The van der Waals surface area contributed by atoms with Gasteiger partial charge in [-0.05, 0) is 50.1 Å². The molecule has 0 heterocycles. The van der Waals surface area contributed by atoms with E-state index in [1.807, 2.05) is 45.0 Å². The molecular formula is C30H37N3O6S. The van der Waals surface area contributed by atoms with Crippen LogP contribution in [0, 0.1) is 13.8 Å². The van der Waals surface area contributed by atoms with Crippen molar-refractivity contribution in [2.24, 2.45) is 0 Å². The van der Waals surface area contributed by atoms with Crippen LogP contribution in [-0.4, -0.2) is 59.0 Å². The van der Waals surface area contributed by atoms with E-state index in [9.17, 15) is 18.0 Å². The molecule has 0 aliphatic heterocycles. The molecule has 1 atom stereocenters. The molecule has 214 valence electrons. The number of rotatable bonds is 12. The van der Waals surface area contributed by atoms with Crippen molar-refractivity contribution in [3.8, 4) is 11.5 Å². The highest BCUT2D eigenvalue weighted by molar-refractivity contribution is 7.92. The number of hydrogen-bond donors (Lipinski definition) is 1. The highest BCUT2D eigenvalue weighted by Gasteiger charge is 2.33. The monoisotopic (exact) mass is 567 g/mol. The summed E-state index contributed by atoms with van der Waals surface area (Å²) in [6, 6.07) is 17.9. The summed E-state index contributed by atoms with van der Waals surface area (Å²) in [5, 5.41) is 2.63. The highest BCUT2D eigenvalue weighted by Crippen LogP contribution is 2.34. The summed E-state index contributed by atoms with van der Waals surface area (Å²) in [4.78, 5) is 28.3. The van der Waals surface area contributed by atoms with Gasteiger partial charge in [0.2, 0.25) is 11.8 Å². The first-order valence-corrected chi connectivity index (χ1v) is 14.4. The molecule has 0 unspecified atom stereocenters. The van der Waals surface area contributed by atoms with E-state index in [2.05, 4.69) is 5.32 Å². The largest absolute Gasteiger partial charge is 0.493 e. The van der Waals surface area contributed by atoms with Gasteiger partial charge >= 0.3 is 0 Å². The lowest BCUT2D eigenvalue weighted by Crippen LogP contribution is -2.51. The minimum absolute atomic E-state index is 0.0316. The van der Waals surface area contributed by atoms with Crippen LogP contribution in [0.15, 0.2) is 71.6 Å². The zero-order valence-electron chi connectivity index (χ0n) is 23.8. The molecule has 40 heavy (non-hydrogen) atoms. The Labute approximate surface area is 236 Å². The fourth-order valence-electron chi connectivity index (χ4n) is 4.32. The van der Waals surface area contributed by atoms with Crippen molar-refractivity contribution in [2.75, 3.05) is 32.1 Å². The van der Waals surface area contributed by atoms with Crippen molar-refractivity contribution in [3.63, 3.8) is 0 Å². The first kappa shape index (κ1) is 30.5. The normalized spacial score (nSPS) is 11.8. The van der Waals surface area contributed by atoms with Crippen molar-refractivity contribution in [1.82, 2.24) is 10.2 Å². The van der Waals surface area contributed by atoms with Crippen LogP contribution in [0.3, 0.4) is 0 Å². The van der Waals surface area contributed by atoms with E-state index >= 15 is 0 Å². The van der Waals surface area contributed by atoms with Gasteiger partial charge in [0, 0.05) is 19.7 Å². The Morgan fingerprint density at radius 1 is 0.875 bits per heavy atom. The topological polar surface area (TPSA) is 105 Å². The third kappa shape index (κ3) is 6.93. The number of nitrogens with one attached hydrogen (secondary N) is 1. The summed E-state index contributed by atoms with van der Waals surface area (Å²) in [5.74, 6) is -0.134.